The Morgan fingerprint density at radius 1 is 1.16 bits per heavy atom. The molecule has 6 nitrogen and oxygen atoms in total. The normalized spacial score (nSPS) is 14.3. The Morgan fingerprint density at radius 2 is 1.88 bits per heavy atom. The van der Waals surface area contributed by atoms with Crippen molar-refractivity contribution in [1.82, 2.24) is 9.88 Å². The minimum absolute atomic E-state index is 0.0181. The summed E-state index contributed by atoms with van der Waals surface area (Å²) in [5.74, 6) is 0.231. The molecule has 1 aliphatic heterocycles. The molecule has 32 heavy (non-hydrogen) atoms. The number of ether oxygens (including phenoxy) is 1. The molecule has 168 valence electrons. The molecule has 0 aliphatic carbocycles. The number of carbonyl (C=O) groups is 2. The van der Waals surface area contributed by atoms with Crippen LogP contribution >= 0.6 is 11.6 Å². The highest BCUT2D eigenvalue weighted by Gasteiger charge is 2.23. The third-order valence-corrected chi connectivity index (χ3v) is 5.58. The van der Waals surface area contributed by atoms with Crippen molar-refractivity contribution >= 4 is 34.9 Å². The fraction of sp³-hybridized carbons (Fsp3) is 0.292. The molecule has 1 saturated heterocycles. The first kappa shape index (κ1) is 23.5. The number of amides is 1. The van der Waals surface area contributed by atoms with Crippen LogP contribution in [-0.2, 0) is 9.59 Å². The number of benzene rings is 2. The summed E-state index contributed by atoms with van der Waals surface area (Å²) in [4.78, 5) is 27.3. The van der Waals surface area contributed by atoms with Crippen molar-refractivity contribution < 1.29 is 23.8 Å². The number of halogens is 2. The lowest BCUT2D eigenvalue weighted by atomic mass is 10.0. The number of fused-ring (bicyclic) bond motifs is 1. The second kappa shape index (κ2) is 10.9. The summed E-state index contributed by atoms with van der Waals surface area (Å²) in [7, 11) is 0. The van der Waals surface area contributed by atoms with Crippen LogP contribution in [0, 0.1) is 5.82 Å². The van der Waals surface area contributed by atoms with Gasteiger partial charge in [0.25, 0.3) is 12.4 Å². The average molecular weight is 459 g/mol. The van der Waals surface area contributed by atoms with E-state index in [1.165, 1.54) is 18.6 Å². The van der Waals surface area contributed by atoms with E-state index >= 15 is 0 Å². The van der Waals surface area contributed by atoms with E-state index in [0.29, 0.717) is 10.8 Å². The zero-order chi connectivity index (χ0) is 23.1. The van der Waals surface area contributed by atoms with Crippen LogP contribution in [0.2, 0.25) is 5.02 Å². The number of carbonyl (C=O) groups excluding carboxylic acids is 1. The quantitative estimate of drug-likeness (QED) is 0.545. The van der Waals surface area contributed by atoms with Gasteiger partial charge < -0.3 is 14.7 Å². The molecule has 0 spiro atoms. The Balaban J connectivity index is 0.000000913. The second-order valence-electron chi connectivity index (χ2n) is 7.41. The van der Waals surface area contributed by atoms with Gasteiger partial charge in [-0.25, -0.2) is 4.39 Å². The maximum atomic E-state index is 13.4. The van der Waals surface area contributed by atoms with Crippen LogP contribution in [0.5, 0.6) is 5.75 Å². The van der Waals surface area contributed by atoms with E-state index in [0.717, 1.165) is 48.0 Å². The van der Waals surface area contributed by atoms with Gasteiger partial charge in [-0.05, 0) is 68.1 Å². The smallest absolute Gasteiger partial charge is 0.290 e. The number of piperidine rings is 1. The Morgan fingerprint density at radius 3 is 2.56 bits per heavy atom. The van der Waals surface area contributed by atoms with E-state index < -0.39 is 6.10 Å². The fourth-order valence-corrected chi connectivity index (χ4v) is 4.04. The molecule has 4 rings (SSSR count). The van der Waals surface area contributed by atoms with E-state index in [2.05, 4.69) is 4.98 Å². The van der Waals surface area contributed by atoms with Gasteiger partial charge in [-0.1, -0.05) is 11.6 Å². The molecule has 1 unspecified atom stereocenters. The first-order valence-electron chi connectivity index (χ1n) is 10.3. The molecular weight excluding hydrogens is 435 g/mol. The summed E-state index contributed by atoms with van der Waals surface area (Å²) in [5.41, 5.74) is 2.32. The molecule has 2 aromatic carbocycles. The lowest BCUT2D eigenvalue weighted by molar-refractivity contribution is -0.138. The van der Waals surface area contributed by atoms with Crippen molar-refractivity contribution in [3.05, 3.63) is 59.5 Å². The van der Waals surface area contributed by atoms with E-state index in [4.69, 9.17) is 26.2 Å². The maximum Gasteiger partial charge on any atom is 0.290 e. The first-order valence-corrected chi connectivity index (χ1v) is 10.7. The predicted octanol–water partition coefficient (Wildman–Crippen LogP) is 5.17. The lowest BCUT2D eigenvalue weighted by Gasteiger charge is -2.29. The van der Waals surface area contributed by atoms with E-state index in [9.17, 15) is 9.18 Å². The van der Waals surface area contributed by atoms with Gasteiger partial charge in [-0.2, -0.15) is 0 Å². The van der Waals surface area contributed by atoms with Gasteiger partial charge in [0.2, 0.25) is 0 Å². The minimum Gasteiger partial charge on any atom is -0.483 e. The third kappa shape index (κ3) is 5.53. The van der Waals surface area contributed by atoms with E-state index in [1.807, 2.05) is 29.2 Å². The molecule has 0 radical (unpaired) electrons. The van der Waals surface area contributed by atoms with Gasteiger partial charge in [-0.3, -0.25) is 14.6 Å². The monoisotopic (exact) mass is 458 g/mol. The summed E-state index contributed by atoms with van der Waals surface area (Å²) >= 11 is 6.25. The van der Waals surface area contributed by atoms with Crippen LogP contribution in [0.25, 0.3) is 22.0 Å². The summed E-state index contributed by atoms with van der Waals surface area (Å²) in [5, 5.41) is 8.11. The van der Waals surface area contributed by atoms with Gasteiger partial charge in [-0.15, -0.1) is 0 Å². The number of aromatic nitrogens is 1. The third-order valence-electron chi connectivity index (χ3n) is 5.26. The highest BCUT2D eigenvalue weighted by Crippen LogP contribution is 2.34. The number of carboxylic acid groups (broad SMARTS) is 1. The molecule has 1 fully saturated rings. The van der Waals surface area contributed by atoms with Crippen molar-refractivity contribution in [3.8, 4) is 16.9 Å². The van der Waals surface area contributed by atoms with Gasteiger partial charge >= 0.3 is 0 Å². The van der Waals surface area contributed by atoms with Crippen molar-refractivity contribution in [2.75, 3.05) is 13.1 Å². The van der Waals surface area contributed by atoms with Crippen molar-refractivity contribution in [2.24, 2.45) is 0 Å². The summed E-state index contributed by atoms with van der Waals surface area (Å²) in [6.45, 7) is 3.13. The summed E-state index contributed by atoms with van der Waals surface area (Å²) < 4.78 is 19.3. The Hall–Kier alpha value is -3.19. The van der Waals surface area contributed by atoms with Crippen LogP contribution in [0.1, 0.15) is 26.2 Å². The van der Waals surface area contributed by atoms with Gasteiger partial charge in [0, 0.05) is 36.3 Å². The Kier molecular flexibility index (Phi) is 8.00. The Labute approximate surface area is 190 Å². The number of pyridine rings is 1. The molecule has 8 heteroatoms. The highest BCUT2D eigenvalue weighted by atomic mass is 35.5. The predicted molar refractivity (Wildman–Crippen MR) is 121 cm³/mol. The molecule has 1 atom stereocenters. The molecule has 1 aromatic heterocycles. The minimum atomic E-state index is -0.555. The molecule has 0 bridgehead atoms. The SMILES string of the molecule is CC(Oc1ccc2c(-c3ccc(F)cc3Cl)ccnc2c1)C(=O)N1CCCCC1.O=CO. The van der Waals surface area contributed by atoms with Gasteiger partial charge in [0.05, 0.1) is 10.5 Å². The first-order chi connectivity index (χ1) is 15.4. The van der Waals surface area contributed by atoms with Crippen LogP contribution in [-0.4, -0.2) is 46.6 Å². The van der Waals surface area contributed by atoms with E-state index in [1.54, 1.807) is 19.2 Å². The van der Waals surface area contributed by atoms with Gasteiger partial charge in [0.1, 0.15) is 11.6 Å². The number of hydrogen-bond donors (Lipinski definition) is 1. The van der Waals surface area contributed by atoms with Crippen LogP contribution in [0.15, 0.2) is 48.7 Å². The standard InChI is InChI=1S/C23H22ClFN2O2.CH2O2/c1-15(23(28)27-11-3-2-4-12-27)29-17-6-8-20-18(9-10-26-22(20)14-17)19-7-5-16(25)13-21(19)24;2-1-3/h5-10,13-15H,2-4,11-12H2,1H3;1H,(H,2,3). The zero-order valence-corrected chi connectivity index (χ0v) is 18.4. The topological polar surface area (TPSA) is 79.7 Å². The molecule has 1 N–H and O–H groups in total. The van der Waals surface area contributed by atoms with Crippen LogP contribution in [0.3, 0.4) is 0 Å². The van der Waals surface area contributed by atoms with Gasteiger partial charge in [0.15, 0.2) is 6.10 Å². The molecule has 1 aliphatic rings. The van der Waals surface area contributed by atoms with Crippen LogP contribution < -0.4 is 4.74 Å². The largest absolute Gasteiger partial charge is 0.483 e. The molecule has 1 amide bonds. The molecule has 2 heterocycles. The zero-order valence-electron chi connectivity index (χ0n) is 17.6. The van der Waals surface area contributed by atoms with E-state index in [-0.39, 0.29) is 18.2 Å². The average Bonchev–Trinajstić information content (AvgIpc) is 2.79. The second-order valence-corrected chi connectivity index (χ2v) is 7.82. The van der Waals surface area contributed by atoms with Crippen molar-refractivity contribution in [3.63, 3.8) is 0 Å². The molecular formula is C24H24ClFN2O4. The molecule has 0 saturated carbocycles. The Bertz CT molecular complexity index is 1100. The van der Waals surface area contributed by atoms with Crippen molar-refractivity contribution in [2.45, 2.75) is 32.3 Å². The van der Waals surface area contributed by atoms with Crippen molar-refractivity contribution in [1.29, 1.82) is 0 Å². The van der Waals surface area contributed by atoms with Crippen LogP contribution in [0.4, 0.5) is 4.39 Å². The lowest BCUT2D eigenvalue weighted by Crippen LogP contribution is -2.43. The number of hydrogen-bond acceptors (Lipinski definition) is 4. The number of nitrogens with zero attached hydrogens (tertiary/aromatic N) is 2. The highest BCUT2D eigenvalue weighted by molar-refractivity contribution is 6.33. The maximum absolute atomic E-state index is 13.4. The summed E-state index contributed by atoms with van der Waals surface area (Å²) in [6.07, 6.45) is 4.40. The molecule has 3 aromatic rings. The fourth-order valence-electron chi connectivity index (χ4n) is 3.77. The number of rotatable bonds is 4. The summed E-state index contributed by atoms with van der Waals surface area (Å²) in [6, 6.07) is 11.7. The number of likely N-dealkylation sites (tertiary alicyclic amines) is 1.